The first kappa shape index (κ1) is 14.2. The summed E-state index contributed by atoms with van der Waals surface area (Å²) in [7, 11) is 0. The topological polar surface area (TPSA) is 64.3 Å². The molecular formula is C16H18N2O2. The Labute approximate surface area is 118 Å². The van der Waals surface area contributed by atoms with Crippen molar-refractivity contribution in [3.8, 4) is 0 Å². The first-order valence-electron chi connectivity index (χ1n) is 6.47. The van der Waals surface area contributed by atoms with Gasteiger partial charge in [-0.25, -0.2) is 5.84 Å². The summed E-state index contributed by atoms with van der Waals surface area (Å²) in [5.41, 5.74) is 5.28. The highest BCUT2D eigenvalue weighted by molar-refractivity contribution is 5.77. The Morgan fingerprint density at radius 3 is 2.05 bits per heavy atom. The molecule has 0 aromatic heterocycles. The number of nitrogens with two attached hydrogens (primary N) is 1. The Kier molecular flexibility index (Phi) is 5.29. The molecule has 3 N–H and O–H groups in total. The van der Waals surface area contributed by atoms with E-state index in [-0.39, 0.29) is 5.91 Å². The minimum Gasteiger partial charge on any atom is -0.372 e. The number of benzene rings is 2. The summed E-state index contributed by atoms with van der Waals surface area (Å²) in [6.07, 6.45) is 0.293. The van der Waals surface area contributed by atoms with Crippen molar-refractivity contribution < 1.29 is 9.53 Å². The summed E-state index contributed by atoms with van der Waals surface area (Å²) in [5, 5.41) is 0. The van der Waals surface area contributed by atoms with E-state index in [1.54, 1.807) is 0 Å². The minimum atomic E-state index is -0.196. The molecule has 0 bridgehead atoms. The molecule has 0 unspecified atom stereocenters. The molecular weight excluding hydrogens is 252 g/mol. The molecule has 0 aliphatic carbocycles. The van der Waals surface area contributed by atoms with E-state index in [9.17, 15) is 4.79 Å². The molecule has 0 radical (unpaired) electrons. The first-order chi connectivity index (χ1) is 9.78. The maximum absolute atomic E-state index is 11.1. The number of hydrogen-bond acceptors (Lipinski definition) is 3. The third-order valence-corrected chi connectivity index (χ3v) is 2.93. The lowest BCUT2D eigenvalue weighted by molar-refractivity contribution is -0.120. The Morgan fingerprint density at radius 2 is 1.45 bits per heavy atom. The third kappa shape index (κ3) is 4.50. The average Bonchev–Trinajstić information content (AvgIpc) is 2.50. The number of hydrazine groups is 1. The number of nitrogens with one attached hydrogen (secondary N) is 1. The van der Waals surface area contributed by atoms with Gasteiger partial charge in [0, 0.05) is 0 Å². The second kappa shape index (κ2) is 7.43. The molecule has 0 saturated carbocycles. The van der Waals surface area contributed by atoms with E-state index in [4.69, 9.17) is 10.6 Å². The number of carbonyl (C=O) groups is 1. The van der Waals surface area contributed by atoms with Crippen molar-refractivity contribution in [3.63, 3.8) is 0 Å². The monoisotopic (exact) mass is 270 g/mol. The van der Waals surface area contributed by atoms with E-state index in [0.717, 1.165) is 16.7 Å². The molecule has 4 heteroatoms. The summed E-state index contributed by atoms with van der Waals surface area (Å²) in [4.78, 5) is 11.1. The molecule has 1 amide bonds. The smallest absolute Gasteiger partial charge is 0.238 e. The van der Waals surface area contributed by atoms with Crippen LogP contribution in [0.2, 0.25) is 0 Å². The lowest BCUT2D eigenvalue weighted by Crippen LogP contribution is -2.31. The Bertz CT molecular complexity index is 538. The van der Waals surface area contributed by atoms with Gasteiger partial charge in [-0.15, -0.1) is 0 Å². The van der Waals surface area contributed by atoms with Crippen LogP contribution in [0.15, 0.2) is 54.6 Å². The number of ether oxygens (including phenoxy) is 1. The minimum absolute atomic E-state index is 0.196. The van der Waals surface area contributed by atoms with Crippen LogP contribution in [0, 0.1) is 0 Å². The van der Waals surface area contributed by atoms with Crippen LogP contribution in [0.4, 0.5) is 0 Å². The van der Waals surface area contributed by atoms with E-state index < -0.39 is 0 Å². The van der Waals surface area contributed by atoms with Gasteiger partial charge < -0.3 is 4.74 Å². The fourth-order valence-corrected chi connectivity index (χ4v) is 1.85. The van der Waals surface area contributed by atoms with Gasteiger partial charge in [-0.1, -0.05) is 54.6 Å². The van der Waals surface area contributed by atoms with Crippen molar-refractivity contribution in [1.29, 1.82) is 0 Å². The Morgan fingerprint density at radius 1 is 0.900 bits per heavy atom. The van der Waals surface area contributed by atoms with Gasteiger partial charge in [0.2, 0.25) is 5.91 Å². The molecule has 0 aliphatic rings. The van der Waals surface area contributed by atoms with Crippen LogP contribution in [0.25, 0.3) is 0 Å². The predicted octanol–water partition coefficient (Wildman–Crippen LogP) is 1.94. The van der Waals surface area contributed by atoms with Gasteiger partial charge in [-0.05, 0) is 16.7 Å². The van der Waals surface area contributed by atoms with E-state index in [0.29, 0.717) is 19.6 Å². The van der Waals surface area contributed by atoms with E-state index in [2.05, 4.69) is 5.43 Å². The van der Waals surface area contributed by atoms with Gasteiger partial charge in [-0.3, -0.25) is 10.2 Å². The molecule has 0 spiro atoms. The molecule has 20 heavy (non-hydrogen) atoms. The molecule has 0 atom stereocenters. The van der Waals surface area contributed by atoms with Gasteiger partial charge in [0.15, 0.2) is 0 Å². The average molecular weight is 270 g/mol. The lowest BCUT2D eigenvalue weighted by atomic mass is 10.1. The predicted molar refractivity (Wildman–Crippen MR) is 77.4 cm³/mol. The van der Waals surface area contributed by atoms with Crippen LogP contribution in [0.1, 0.15) is 16.7 Å². The summed E-state index contributed by atoms with van der Waals surface area (Å²) in [5.74, 6) is 4.86. The fraction of sp³-hybridized carbons (Fsp3) is 0.188. The van der Waals surface area contributed by atoms with Crippen molar-refractivity contribution in [2.75, 3.05) is 0 Å². The molecule has 0 saturated heterocycles. The van der Waals surface area contributed by atoms with Gasteiger partial charge in [0.1, 0.15) is 0 Å². The van der Waals surface area contributed by atoms with Crippen molar-refractivity contribution in [1.82, 2.24) is 5.43 Å². The zero-order valence-electron chi connectivity index (χ0n) is 11.2. The van der Waals surface area contributed by atoms with Crippen LogP contribution in [0.3, 0.4) is 0 Å². The summed E-state index contributed by atoms with van der Waals surface area (Å²) in [6, 6.07) is 17.8. The number of amides is 1. The van der Waals surface area contributed by atoms with Crippen molar-refractivity contribution >= 4 is 5.91 Å². The Hall–Kier alpha value is -2.17. The normalized spacial score (nSPS) is 10.2. The molecule has 4 nitrogen and oxygen atoms in total. The van der Waals surface area contributed by atoms with E-state index >= 15 is 0 Å². The van der Waals surface area contributed by atoms with Gasteiger partial charge in [-0.2, -0.15) is 0 Å². The zero-order valence-corrected chi connectivity index (χ0v) is 11.2. The number of rotatable bonds is 6. The second-order valence-electron chi connectivity index (χ2n) is 4.54. The fourth-order valence-electron chi connectivity index (χ4n) is 1.85. The van der Waals surface area contributed by atoms with Gasteiger partial charge in [0.25, 0.3) is 0 Å². The summed E-state index contributed by atoms with van der Waals surface area (Å²) in [6.45, 7) is 1.15. The maximum Gasteiger partial charge on any atom is 0.238 e. The molecule has 0 fully saturated rings. The maximum atomic E-state index is 11.1. The van der Waals surface area contributed by atoms with Gasteiger partial charge >= 0.3 is 0 Å². The first-order valence-corrected chi connectivity index (χ1v) is 6.47. The van der Waals surface area contributed by atoms with Crippen LogP contribution in [0.5, 0.6) is 0 Å². The van der Waals surface area contributed by atoms with Crippen LogP contribution < -0.4 is 11.3 Å². The zero-order chi connectivity index (χ0) is 14.2. The highest BCUT2D eigenvalue weighted by Gasteiger charge is 2.01. The number of hydrogen-bond donors (Lipinski definition) is 2. The quantitative estimate of drug-likeness (QED) is 0.479. The lowest BCUT2D eigenvalue weighted by Gasteiger charge is -2.06. The van der Waals surface area contributed by atoms with Crippen LogP contribution in [-0.2, 0) is 29.2 Å². The molecule has 2 aromatic rings. The standard InChI is InChI=1S/C16H18N2O2/c17-18-16(19)10-13-6-8-15(9-7-13)12-20-11-14-4-2-1-3-5-14/h1-9H,10-12,17H2,(H,18,19). The van der Waals surface area contributed by atoms with Crippen molar-refractivity contribution in [3.05, 3.63) is 71.3 Å². The van der Waals surface area contributed by atoms with Crippen LogP contribution in [-0.4, -0.2) is 5.91 Å². The van der Waals surface area contributed by atoms with Crippen molar-refractivity contribution in [2.24, 2.45) is 5.84 Å². The summed E-state index contributed by atoms with van der Waals surface area (Å²) >= 11 is 0. The third-order valence-electron chi connectivity index (χ3n) is 2.93. The SMILES string of the molecule is NNC(=O)Cc1ccc(COCc2ccccc2)cc1. The van der Waals surface area contributed by atoms with Crippen LogP contribution >= 0.6 is 0 Å². The molecule has 2 rings (SSSR count). The van der Waals surface area contributed by atoms with E-state index in [1.165, 1.54) is 0 Å². The molecule has 104 valence electrons. The molecule has 0 aliphatic heterocycles. The van der Waals surface area contributed by atoms with Crippen molar-refractivity contribution in [2.45, 2.75) is 19.6 Å². The highest BCUT2D eigenvalue weighted by Crippen LogP contribution is 2.08. The number of carbonyl (C=O) groups excluding carboxylic acids is 1. The van der Waals surface area contributed by atoms with E-state index in [1.807, 2.05) is 54.6 Å². The van der Waals surface area contributed by atoms with Gasteiger partial charge in [0.05, 0.1) is 19.6 Å². The summed E-state index contributed by atoms with van der Waals surface area (Å²) < 4.78 is 5.65. The molecule has 2 aromatic carbocycles. The second-order valence-corrected chi connectivity index (χ2v) is 4.54. The highest BCUT2D eigenvalue weighted by atomic mass is 16.5. The molecule has 0 heterocycles. The Balaban J connectivity index is 1.80. The largest absolute Gasteiger partial charge is 0.372 e.